The summed E-state index contributed by atoms with van der Waals surface area (Å²) in [6.45, 7) is 0.319. The van der Waals surface area contributed by atoms with E-state index in [0.717, 1.165) is 6.20 Å². The van der Waals surface area contributed by atoms with Gasteiger partial charge in [0.1, 0.15) is 24.2 Å². The zero-order valence-corrected chi connectivity index (χ0v) is 11.2. The van der Waals surface area contributed by atoms with Crippen molar-refractivity contribution in [3.8, 4) is 0 Å². The molecular formula is C11H13N7O3. The normalized spacial score (nSPS) is 10.1. The second-order valence-corrected chi connectivity index (χ2v) is 4.03. The third-order valence-corrected chi connectivity index (χ3v) is 2.68. The van der Waals surface area contributed by atoms with E-state index in [4.69, 9.17) is 0 Å². The molecule has 0 aromatic carbocycles. The van der Waals surface area contributed by atoms with Crippen LogP contribution in [-0.4, -0.2) is 44.6 Å². The Kier molecular flexibility index (Phi) is 4.39. The molecule has 0 atom stereocenters. The number of hydrogen-bond donors (Lipinski definition) is 3. The maximum atomic E-state index is 12.1. The van der Waals surface area contributed by atoms with Gasteiger partial charge in [-0.15, -0.1) is 0 Å². The second-order valence-electron chi connectivity index (χ2n) is 4.03. The number of anilines is 1. The summed E-state index contributed by atoms with van der Waals surface area (Å²) in [5.74, 6) is 0.467. The first-order valence-electron chi connectivity index (χ1n) is 6.06. The molecule has 10 heteroatoms. The number of nitro groups is 1. The number of aromatic amines is 1. The highest BCUT2D eigenvalue weighted by Gasteiger charge is 2.17. The lowest BCUT2D eigenvalue weighted by Gasteiger charge is -2.08. The first-order chi connectivity index (χ1) is 10.1. The van der Waals surface area contributed by atoms with Crippen molar-refractivity contribution in [1.82, 2.24) is 25.5 Å². The van der Waals surface area contributed by atoms with Gasteiger partial charge in [-0.2, -0.15) is 5.10 Å². The third-order valence-electron chi connectivity index (χ3n) is 2.68. The summed E-state index contributed by atoms with van der Waals surface area (Å²) < 4.78 is 0. The molecule has 2 rings (SSSR count). The molecule has 21 heavy (non-hydrogen) atoms. The molecule has 1 amide bonds. The fourth-order valence-corrected chi connectivity index (χ4v) is 1.67. The summed E-state index contributed by atoms with van der Waals surface area (Å²) in [4.78, 5) is 30.0. The molecule has 2 heterocycles. The van der Waals surface area contributed by atoms with Gasteiger partial charge in [-0.25, -0.2) is 9.97 Å². The largest absolute Gasteiger partial charge is 0.372 e. The van der Waals surface area contributed by atoms with E-state index in [1.54, 1.807) is 7.05 Å². The van der Waals surface area contributed by atoms with Crippen molar-refractivity contribution in [2.75, 3.05) is 18.9 Å². The van der Waals surface area contributed by atoms with Crippen molar-refractivity contribution in [1.29, 1.82) is 0 Å². The van der Waals surface area contributed by atoms with Gasteiger partial charge >= 0.3 is 0 Å². The lowest BCUT2D eigenvalue weighted by molar-refractivity contribution is -0.385. The van der Waals surface area contributed by atoms with Gasteiger partial charge in [0.05, 0.1) is 10.5 Å². The Labute approximate surface area is 119 Å². The molecule has 0 aliphatic heterocycles. The van der Waals surface area contributed by atoms with Crippen LogP contribution in [0.15, 0.2) is 18.6 Å². The van der Waals surface area contributed by atoms with Crippen molar-refractivity contribution in [2.24, 2.45) is 0 Å². The van der Waals surface area contributed by atoms with Crippen LogP contribution < -0.4 is 10.6 Å². The van der Waals surface area contributed by atoms with E-state index in [2.05, 4.69) is 30.8 Å². The van der Waals surface area contributed by atoms with Crippen LogP contribution in [-0.2, 0) is 6.42 Å². The highest BCUT2D eigenvalue weighted by molar-refractivity contribution is 5.99. The van der Waals surface area contributed by atoms with Gasteiger partial charge in [-0.1, -0.05) is 0 Å². The SMILES string of the molecule is CNc1ncc([N+](=O)[O-])cc1C(=O)NCCc1ncn[nH]1. The summed E-state index contributed by atoms with van der Waals surface area (Å²) in [5, 5.41) is 22.5. The molecule has 10 nitrogen and oxygen atoms in total. The molecule has 110 valence electrons. The number of nitrogens with one attached hydrogen (secondary N) is 3. The van der Waals surface area contributed by atoms with Gasteiger partial charge in [-0.3, -0.25) is 20.0 Å². The van der Waals surface area contributed by atoms with E-state index in [1.165, 1.54) is 12.4 Å². The minimum atomic E-state index is -0.599. The molecule has 0 saturated carbocycles. The Balaban J connectivity index is 2.06. The van der Waals surface area contributed by atoms with Crippen LogP contribution in [0.25, 0.3) is 0 Å². The number of carbonyl (C=O) groups is 1. The van der Waals surface area contributed by atoms with Crippen LogP contribution >= 0.6 is 0 Å². The lowest BCUT2D eigenvalue weighted by atomic mass is 10.2. The first-order valence-corrected chi connectivity index (χ1v) is 6.06. The van der Waals surface area contributed by atoms with E-state index < -0.39 is 10.8 Å². The standard InChI is InChI=1S/C11H13N7O3/c1-12-10-8(4-7(5-14-10)18(20)21)11(19)13-3-2-9-15-6-16-17-9/h4-6H,2-3H2,1H3,(H,12,14)(H,13,19)(H,15,16,17). The number of aromatic nitrogens is 4. The summed E-state index contributed by atoms with van der Waals surface area (Å²) >= 11 is 0. The summed E-state index contributed by atoms with van der Waals surface area (Å²) in [6, 6.07) is 1.18. The fourth-order valence-electron chi connectivity index (χ4n) is 1.67. The molecule has 0 bridgehead atoms. The summed E-state index contributed by atoms with van der Waals surface area (Å²) in [7, 11) is 1.58. The lowest BCUT2D eigenvalue weighted by Crippen LogP contribution is -2.27. The van der Waals surface area contributed by atoms with Crippen LogP contribution in [0.5, 0.6) is 0 Å². The summed E-state index contributed by atoms with van der Waals surface area (Å²) in [6.07, 6.45) is 2.95. The molecule has 0 aliphatic rings. The molecule has 0 fully saturated rings. The number of rotatable bonds is 6. The number of nitrogens with zero attached hydrogens (tertiary/aromatic N) is 4. The molecule has 0 radical (unpaired) electrons. The van der Waals surface area contributed by atoms with Crippen molar-refractivity contribution < 1.29 is 9.72 Å². The topological polar surface area (TPSA) is 139 Å². The second kappa shape index (κ2) is 6.41. The van der Waals surface area contributed by atoms with E-state index in [0.29, 0.717) is 18.8 Å². The van der Waals surface area contributed by atoms with Crippen molar-refractivity contribution in [3.05, 3.63) is 40.1 Å². The Hall–Kier alpha value is -3.04. The average molecular weight is 291 g/mol. The maximum absolute atomic E-state index is 12.1. The quantitative estimate of drug-likeness (QED) is 0.507. The number of H-pyrrole nitrogens is 1. The zero-order valence-electron chi connectivity index (χ0n) is 11.2. The zero-order chi connectivity index (χ0) is 15.2. The highest BCUT2D eigenvalue weighted by Crippen LogP contribution is 2.18. The molecule has 0 aliphatic carbocycles. The van der Waals surface area contributed by atoms with Crippen LogP contribution in [0.1, 0.15) is 16.2 Å². The molecule has 3 N–H and O–H groups in total. The average Bonchev–Trinajstić information content (AvgIpc) is 2.99. The summed E-state index contributed by atoms with van der Waals surface area (Å²) in [5.41, 5.74) is -0.126. The molecule has 0 spiro atoms. The predicted octanol–water partition coefficient (Wildman–Crippen LogP) is 0.122. The number of amides is 1. The Bertz CT molecular complexity index is 641. The number of pyridine rings is 1. The van der Waals surface area contributed by atoms with Crippen LogP contribution in [0.4, 0.5) is 11.5 Å². The molecule has 0 unspecified atom stereocenters. The van der Waals surface area contributed by atoms with Crippen LogP contribution in [0.3, 0.4) is 0 Å². The van der Waals surface area contributed by atoms with Crippen molar-refractivity contribution in [3.63, 3.8) is 0 Å². The predicted molar refractivity (Wildman–Crippen MR) is 72.9 cm³/mol. The van der Waals surface area contributed by atoms with E-state index in [9.17, 15) is 14.9 Å². The third kappa shape index (κ3) is 3.49. The van der Waals surface area contributed by atoms with Crippen LogP contribution in [0, 0.1) is 10.1 Å². The van der Waals surface area contributed by atoms with E-state index in [1.807, 2.05) is 0 Å². The molecule has 2 aromatic heterocycles. The smallest absolute Gasteiger partial charge is 0.288 e. The Morgan fingerprint density at radius 1 is 1.48 bits per heavy atom. The highest BCUT2D eigenvalue weighted by atomic mass is 16.6. The van der Waals surface area contributed by atoms with Gasteiger partial charge in [0, 0.05) is 26.1 Å². The monoisotopic (exact) mass is 291 g/mol. The van der Waals surface area contributed by atoms with Crippen molar-refractivity contribution in [2.45, 2.75) is 6.42 Å². The van der Waals surface area contributed by atoms with Gasteiger partial charge < -0.3 is 10.6 Å². The van der Waals surface area contributed by atoms with Gasteiger partial charge in [-0.05, 0) is 0 Å². The van der Waals surface area contributed by atoms with E-state index in [-0.39, 0.29) is 17.1 Å². The van der Waals surface area contributed by atoms with Crippen molar-refractivity contribution >= 4 is 17.4 Å². The molecule has 0 saturated heterocycles. The van der Waals surface area contributed by atoms with Gasteiger partial charge in [0.15, 0.2) is 0 Å². The van der Waals surface area contributed by atoms with Gasteiger partial charge in [0.2, 0.25) is 0 Å². The molecule has 2 aromatic rings. The van der Waals surface area contributed by atoms with Crippen LogP contribution in [0.2, 0.25) is 0 Å². The Morgan fingerprint density at radius 3 is 2.90 bits per heavy atom. The minimum absolute atomic E-state index is 0.115. The Morgan fingerprint density at radius 2 is 2.29 bits per heavy atom. The van der Waals surface area contributed by atoms with E-state index >= 15 is 0 Å². The maximum Gasteiger partial charge on any atom is 0.288 e. The number of carbonyl (C=O) groups excluding carboxylic acids is 1. The first kappa shape index (κ1) is 14.4. The number of hydrogen-bond acceptors (Lipinski definition) is 7. The molecular weight excluding hydrogens is 278 g/mol. The minimum Gasteiger partial charge on any atom is -0.372 e. The van der Waals surface area contributed by atoms with Gasteiger partial charge in [0.25, 0.3) is 11.6 Å². The fraction of sp³-hybridized carbons (Fsp3) is 0.273.